The first kappa shape index (κ1) is 17.3. The maximum Gasteiger partial charge on any atom is 0.317 e. The Hall–Kier alpha value is -2.57. The number of aromatic amines is 1. The average molecular weight is 344 g/mol. The van der Waals surface area contributed by atoms with E-state index >= 15 is 0 Å². The lowest BCUT2D eigenvalue weighted by atomic mass is 9.97. The smallest absolute Gasteiger partial charge is 0.317 e. The van der Waals surface area contributed by atoms with Crippen LogP contribution in [0.4, 0.5) is 4.79 Å². The van der Waals surface area contributed by atoms with Gasteiger partial charge in [0.2, 0.25) is 0 Å². The lowest BCUT2D eigenvalue weighted by Crippen LogP contribution is -2.47. The Balaban J connectivity index is 1.69. The first-order valence-electron chi connectivity index (χ1n) is 8.68. The second kappa shape index (κ2) is 7.13. The lowest BCUT2D eigenvalue weighted by Gasteiger charge is -2.32. The van der Waals surface area contributed by atoms with Crippen molar-refractivity contribution in [2.24, 2.45) is 11.8 Å². The molecule has 1 aliphatic rings. The van der Waals surface area contributed by atoms with E-state index in [4.69, 9.17) is 5.11 Å². The molecule has 1 unspecified atom stereocenters. The third-order valence-corrected chi connectivity index (χ3v) is 4.78. The van der Waals surface area contributed by atoms with Gasteiger partial charge >= 0.3 is 12.0 Å². The van der Waals surface area contributed by atoms with Gasteiger partial charge in [-0.3, -0.25) is 4.79 Å². The second-order valence-corrected chi connectivity index (χ2v) is 6.91. The summed E-state index contributed by atoms with van der Waals surface area (Å²) >= 11 is 0. The number of amides is 2. The molecule has 3 rings (SSSR count). The molecule has 0 radical (unpaired) electrons. The number of nitrogens with one attached hydrogen (secondary N) is 2. The minimum Gasteiger partial charge on any atom is -0.481 e. The van der Waals surface area contributed by atoms with Crippen molar-refractivity contribution < 1.29 is 14.7 Å². The largest absolute Gasteiger partial charge is 0.481 e. The normalized spacial score (nSPS) is 17.0. The van der Waals surface area contributed by atoms with Gasteiger partial charge < -0.3 is 20.3 Å². The summed E-state index contributed by atoms with van der Waals surface area (Å²) in [5.74, 6) is -0.214. The molecule has 2 aromatic rings. The molecule has 0 spiro atoms. The SMILES string of the molecule is CC(C)C(NC(=O)N1CCC(C(=O)O)CC1)c1nc2ccccc2[nH]1. The Kier molecular flexibility index (Phi) is 4.92. The molecule has 3 N–H and O–H groups in total. The number of piperidine rings is 1. The molecule has 1 aromatic heterocycles. The van der Waals surface area contributed by atoms with Crippen LogP contribution >= 0.6 is 0 Å². The highest BCUT2D eigenvalue weighted by molar-refractivity contribution is 5.77. The van der Waals surface area contributed by atoms with E-state index in [0.717, 1.165) is 16.9 Å². The average Bonchev–Trinajstić information content (AvgIpc) is 3.02. The number of hydrogen-bond acceptors (Lipinski definition) is 3. The molecule has 1 saturated heterocycles. The molecule has 0 saturated carbocycles. The van der Waals surface area contributed by atoms with Crippen LogP contribution in [0.15, 0.2) is 24.3 Å². The number of rotatable bonds is 4. The van der Waals surface area contributed by atoms with E-state index < -0.39 is 5.97 Å². The molecule has 1 aliphatic heterocycles. The lowest BCUT2D eigenvalue weighted by molar-refractivity contribution is -0.143. The van der Waals surface area contributed by atoms with Gasteiger partial charge in [0.1, 0.15) is 5.82 Å². The summed E-state index contributed by atoms with van der Waals surface area (Å²) in [6.07, 6.45) is 0.999. The summed E-state index contributed by atoms with van der Waals surface area (Å²) in [7, 11) is 0. The topological polar surface area (TPSA) is 98.3 Å². The van der Waals surface area contributed by atoms with Crippen LogP contribution in [0.2, 0.25) is 0 Å². The molecule has 1 aromatic carbocycles. The van der Waals surface area contributed by atoms with E-state index in [2.05, 4.69) is 15.3 Å². The number of H-pyrrole nitrogens is 1. The highest BCUT2D eigenvalue weighted by Crippen LogP contribution is 2.23. The number of fused-ring (bicyclic) bond motifs is 1. The molecule has 0 aliphatic carbocycles. The molecule has 134 valence electrons. The fraction of sp³-hybridized carbons (Fsp3) is 0.500. The quantitative estimate of drug-likeness (QED) is 0.794. The Morgan fingerprint density at radius 3 is 2.56 bits per heavy atom. The van der Waals surface area contributed by atoms with Gasteiger partial charge in [0, 0.05) is 13.1 Å². The van der Waals surface area contributed by atoms with Gasteiger partial charge in [0.15, 0.2) is 0 Å². The standard InChI is InChI=1S/C18H24N4O3/c1-11(2)15(16-19-13-5-3-4-6-14(13)20-16)21-18(25)22-9-7-12(8-10-22)17(23)24/h3-6,11-12,15H,7-10H2,1-2H3,(H,19,20)(H,21,25)(H,23,24). The van der Waals surface area contributed by atoms with Crippen LogP contribution in [-0.2, 0) is 4.79 Å². The van der Waals surface area contributed by atoms with Gasteiger partial charge in [-0.2, -0.15) is 0 Å². The fourth-order valence-corrected chi connectivity index (χ4v) is 3.22. The summed E-state index contributed by atoms with van der Waals surface area (Å²) in [5.41, 5.74) is 1.82. The van der Waals surface area contributed by atoms with Crippen molar-refractivity contribution in [1.82, 2.24) is 20.2 Å². The monoisotopic (exact) mass is 344 g/mol. The van der Waals surface area contributed by atoms with Crippen molar-refractivity contribution in [2.45, 2.75) is 32.7 Å². The van der Waals surface area contributed by atoms with Gasteiger partial charge in [-0.05, 0) is 30.9 Å². The zero-order chi connectivity index (χ0) is 18.0. The van der Waals surface area contributed by atoms with Crippen molar-refractivity contribution in [3.63, 3.8) is 0 Å². The van der Waals surface area contributed by atoms with Gasteiger partial charge in [-0.25, -0.2) is 9.78 Å². The number of likely N-dealkylation sites (tertiary alicyclic amines) is 1. The Labute approximate surface area is 146 Å². The number of hydrogen-bond donors (Lipinski definition) is 3. The van der Waals surface area contributed by atoms with Crippen LogP contribution in [0.1, 0.15) is 38.6 Å². The first-order valence-corrected chi connectivity index (χ1v) is 8.68. The van der Waals surface area contributed by atoms with Crippen LogP contribution in [0.3, 0.4) is 0 Å². The van der Waals surface area contributed by atoms with Crippen LogP contribution in [0.25, 0.3) is 11.0 Å². The maximum absolute atomic E-state index is 12.6. The van der Waals surface area contributed by atoms with E-state index in [1.54, 1.807) is 4.90 Å². The van der Waals surface area contributed by atoms with E-state index in [1.165, 1.54) is 0 Å². The van der Waals surface area contributed by atoms with Crippen LogP contribution in [0.5, 0.6) is 0 Å². The van der Waals surface area contributed by atoms with Crippen molar-refractivity contribution in [3.05, 3.63) is 30.1 Å². The number of benzene rings is 1. The number of para-hydroxylation sites is 2. The van der Waals surface area contributed by atoms with Crippen molar-refractivity contribution in [1.29, 1.82) is 0 Å². The van der Waals surface area contributed by atoms with E-state index in [1.807, 2.05) is 38.1 Å². The van der Waals surface area contributed by atoms with Gasteiger partial charge in [-0.15, -0.1) is 0 Å². The molecule has 25 heavy (non-hydrogen) atoms. The van der Waals surface area contributed by atoms with E-state index in [0.29, 0.717) is 25.9 Å². The number of carbonyl (C=O) groups is 2. The number of imidazole rings is 1. The van der Waals surface area contributed by atoms with Crippen molar-refractivity contribution in [2.75, 3.05) is 13.1 Å². The van der Waals surface area contributed by atoms with Gasteiger partial charge in [-0.1, -0.05) is 26.0 Å². The highest BCUT2D eigenvalue weighted by atomic mass is 16.4. The summed E-state index contributed by atoms with van der Waals surface area (Å²) in [5, 5.41) is 12.1. The van der Waals surface area contributed by atoms with Crippen LogP contribution in [-0.4, -0.2) is 45.1 Å². The van der Waals surface area contributed by atoms with E-state index in [9.17, 15) is 9.59 Å². The predicted octanol–water partition coefficient (Wildman–Crippen LogP) is 2.77. The third kappa shape index (κ3) is 3.75. The molecular formula is C18H24N4O3. The Morgan fingerprint density at radius 1 is 1.28 bits per heavy atom. The zero-order valence-electron chi connectivity index (χ0n) is 14.5. The number of aromatic nitrogens is 2. The minimum atomic E-state index is -0.776. The van der Waals surface area contributed by atoms with E-state index in [-0.39, 0.29) is 23.9 Å². The number of carboxylic acid groups (broad SMARTS) is 1. The molecule has 2 amide bonds. The molecule has 0 bridgehead atoms. The molecule has 7 heteroatoms. The van der Waals surface area contributed by atoms with Gasteiger partial charge in [0.05, 0.1) is 23.0 Å². The summed E-state index contributed by atoms with van der Waals surface area (Å²) < 4.78 is 0. The first-order chi connectivity index (χ1) is 12.0. The van der Waals surface area contributed by atoms with Crippen molar-refractivity contribution in [3.8, 4) is 0 Å². The Morgan fingerprint density at radius 2 is 1.96 bits per heavy atom. The number of nitrogens with zero attached hydrogens (tertiary/aromatic N) is 2. The zero-order valence-corrected chi connectivity index (χ0v) is 14.5. The summed E-state index contributed by atoms with van der Waals surface area (Å²) in [6, 6.07) is 7.38. The fourth-order valence-electron chi connectivity index (χ4n) is 3.22. The van der Waals surface area contributed by atoms with Gasteiger partial charge in [0.25, 0.3) is 0 Å². The minimum absolute atomic E-state index is 0.164. The molecule has 2 heterocycles. The molecule has 7 nitrogen and oxygen atoms in total. The van der Waals surface area contributed by atoms with Crippen LogP contribution in [0, 0.1) is 11.8 Å². The molecule has 1 atom stereocenters. The number of urea groups is 1. The molecular weight excluding hydrogens is 320 g/mol. The van der Waals surface area contributed by atoms with Crippen LogP contribution < -0.4 is 5.32 Å². The summed E-state index contributed by atoms with van der Waals surface area (Å²) in [4.78, 5) is 33.2. The van der Waals surface area contributed by atoms with Crippen molar-refractivity contribution >= 4 is 23.0 Å². The highest BCUT2D eigenvalue weighted by Gasteiger charge is 2.29. The number of carbonyl (C=O) groups excluding carboxylic acids is 1. The predicted molar refractivity (Wildman–Crippen MR) is 94.1 cm³/mol. The summed E-state index contributed by atoms with van der Waals surface area (Å²) in [6.45, 7) is 5.01. The third-order valence-electron chi connectivity index (χ3n) is 4.78. The number of carboxylic acids is 1. The second-order valence-electron chi connectivity index (χ2n) is 6.91. The molecule has 1 fully saturated rings. The number of aliphatic carboxylic acids is 1. The maximum atomic E-state index is 12.6. The Bertz CT molecular complexity index is 730.